The first-order valence-electron chi connectivity index (χ1n) is 7.08. The van der Waals surface area contributed by atoms with Gasteiger partial charge >= 0.3 is 0 Å². The van der Waals surface area contributed by atoms with Crippen LogP contribution in [-0.4, -0.2) is 26.5 Å². The van der Waals surface area contributed by atoms with E-state index < -0.39 is 0 Å². The van der Waals surface area contributed by atoms with E-state index in [9.17, 15) is 4.79 Å². The molecule has 1 N–H and O–H groups in total. The van der Waals surface area contributed by atoms with E-state index >= 15 is 0 Å². The number of aryl methyl sites for hydroxylation is 1. The van der Waals surface area contributed by atoms with Gasteiger partial charge in [0.05, 0.1) is 10.4 Å². The first kappa shape index (κ1) is 13.8. The van der Waals surface area contributed by atoms with Crippen molar-refractivity contribution in [3.05, 3.63) is 54.0 Å². The Labute approximate surface area is 136 Å². The molecule has 0 saturated heterocycles. The number of benzene rings is 1. The normalized spacial score (nSPS) is 11.0. The molecular formula is C17H12N4OS. The third-order valence-corrected chi connectivity index (χ3v) is 4.83. The molecule has 0 radical (unpaired) electrons. The second kappa shape index (κ2) is 5.40. The Hall–Kier alpha value is -2.86. The summed E-state index contributed by atoms with van der Waals surface area (Å²) < 4.78 is 0. The number of carbonyl (C=O) groups is 1. The molecule has 4 aromatic rings. The Balaban J connectivity index is 1.91. The quantitative estimate of drug-likeness (QED) is 0.582. The summed E-state index contributed by atoms with van der Waals surface area (Å²) in [5, 5.41) is 9.18. The Morgan fingerprint density at radius 1 is 1.22 bits per heavy atom. The fourth-order valence-corrected chi connectivity index (χ4v) is 3.60. The highest BCUT2D eigenvalue weighted by Gasteiger charge is 2.17. The summed E-state index contributed by atoms with van der Waals surface area (Å²) in [6.45, 7) is 2.02. The second-order valence-corrected chi connectivity index (χ2v) is 6.16. The van der Waals surface area contributed by atoms with Crippen LogP contribution in [0.25, 0.3) is 32.0 Å². The lowest BCUT2D eigenvalue weighted by atomic mass is 10.1. The zero-order valence-corrected chi connectivity index (χ0v) is 13.1. The predicted octanol–water partition coefficient (Wildman–Crippen LogP) is 3.87. The third kappa shape index (κ3) is 2.24. The van der Waals surface area contributed by atoms with Crippen molar-refractivity contribution < 1.29 is 4.79 Å². The molecule has 0 unspecified atom stereocenters. The van der Waals surface area contributed by atoms with Crippen LogP contribution >= 0.6 is 11.3 Å². The minimum absolute atomic E-state index is 0.424. The number of carbonyl (C=O) groups excluding carboxylic acids is 1. The number of aldehydes is 1. The molecule has 0 aliphatic heterocycles. The molecule has 0 fully saturated rings. The number of hydrogen-bond acceptors (Lipinski definition) is 5. The van der Waals surface area contributed by atoms with Crippen molar-refractivity contribution in [3.63, 3.8) is 0 Å². The van der Waals surface area contributed by atoms with Crippen LogP contribution in [0.1, 0.15) is 16.1 Å². The van der Waals surface area contributed by atoms with Crippen LogP contribution in [0.4, 0.5) is 0 Å². The lowest BCUT2D eigenvalue weighted by Crippen LogP contribution is -1.85. The molecule has 23 heavy (non-hydrogen) atoms. The van der Waals surface area contributed by atoms with Gasteiger partial charge in [0.1, 0.15) is 16.4 Å². The van der Waals surface area contributed by atoms with E-state index in [4.69, 9.17) is 0 Å². The van der Waals surface area contributed by atoms with Gasteiger partial charge in [-0.05, 0) is 18.6 Å². The molecule has 1 aromatic carbocycles. The Bertz CT molecular complexity index is 1000. The highest BCUT2D eigenvalue weighted by atomic mass is 32.1. The predicted molar refractivity (Wildman–Crippen MR) is 90.6 cm³/mol. The number of thiazole rings is 1. The lowest BCUT2D eigenvalue weighted by molar-refractivity contribution is 0.112. The van der Waals surface area contributed by atoms with Crippen molar-refractivity contribution >= 4 is 28.5 Å². The van der Waals surface area contributed by atoms with Gasteiger partial charge in [-0.3, -0.25) is 14.9 Å². The van der Waals surface area contributed by atoms with Crippen LogP contribution in [0.3, 0.4) is 0 Å². The summed E-state index contributed by atoms with van der Waals surface area (Å²) in [4.78, 5) is 20.8. The molecule has 6 heteroatoms. The van der Waals surface area contributed by atoms with Gasteiger partial charge in [0.15, 0.2) is 6.29 Å². The monoisotopic (exact) mass is 320 g/mol. The maximum Gasteiger partial charge on any atom is 0.169 e. The van der Waals surface area contributed by atoms with E-state index in [-0.39, 0.29) is 0 Å². The van der Waals surface area contributed by atoms with Crippen LogP contribution in [0.15, 0.2) is 42.7 Å². The maximum atomic E-state index is 11.4. The van der Waals surface area contributed by atoms with E-state index in [1.54, 1.807) is 12.4 Å². The van der Waals surface area contributed by atoms with Gasteiger partial charge in [0.25, 0.3) is 0 Å². The molecule has 4 rings (SSSR count). The molecule has 0 spiro atoms. The highest BCUT2D eigenvalue weighted by Crippen LogP contribution is 2.36. The third-order valence-electron chi connectivity index (χ3n) is 3.69. The molecule has 3 heterocycles. The van der Waals surface area contributed by atoms with E-state index in [1.807, 2.05) is 37.3 Å². The van der Waals surface area contributed by atoms with Gasteiger partial charge in [0.2, 0.25) is 0 Å². The molecule has 3 aromatic heterocycles. The number of fused-ring (bicyclic) bond motifs is 1. The molecule has 0 atom stereocenters. The van der Waals surface area contributed by atoms with E-state index in [1.165, 1.54) is 11.3 Å². The van der Waals surface area contributed by atoms with Crippen LogP contribution in [0.2, 0.25) is 0 Å². The minimum Gasteiger partial charge on any atom is -0.296 e. The number of para-hydroxylation sites is 1. The van der Waals surface area contributed by atoms with Gasteiger partial charge in [-0.25, -0.2) is 4.98 Å². The fraction of sp³-hybridized carbons (Fsp3) is 0.0588. The fourth-order valence-electron chi connectivity index (χ4n) is 2.57. The highest BCUT2D eigenvalue weighted by molar-refractivity contribution is 7.18. The van der Waals surface area contributed by atoms with Gasteiger partial charge in [0, 0.05) is 23.3 Å². The molecule has 0 bridgehead atoms. The molecule has 0 saturated carbocycles. The van der Waals surface area contributed by atoms with Crippen LogP contribution in [0.5, 0.6) is 0 Å². The summed E-state index contributed by atoms with van der Waals surface area (Å²) in [7, 11) is 0. The Morgan fingerprint density at radius 3 is 2.91 bits per heavy atom. The first-order valence-corrected chi connectivity index (χ1v) is 7.90. The largest absolute Gasteiger partial charge is 0.296 e. The smallest absolute Gasteiger partial charge is 0.169 e. The number of H-pyrrole nitrogens is 1. The van der Waals surface area contributed by atoms with Gasteiger partial charge in [-0.1, -0.05) is 24.3 Å². The standard InChI is InChI=1S/C17H12N4OS/c1-10-4-2-6-12-14(10)20-21-15(12)17-19-13(9-22)16(23-17)11-5-3-7-18-8-11/h2-9H,1H3,(H,20,21). The first-order chi connectivity index (χ1) is 11.3. The lowest BCUT2D eigenvalue weighted by Gasteiger charge is -1.95. The van der Waals surface area contributed by atoms with Crippen LogP contribution in [0, 0.1) is 6.92 Å². The number of aromatic nitrogens is 4. The van der Waals surface area contributed by atoms with Crippen molar-refractivity contribution in [2.45, 2.75) is 6.92 Å². The average Bonchev–Trinajstić information content (AvgIpc) is 3.20. The summed E-state index contributed by atoms with van der Waals surface area (Å²) in [5.41, 5.74) is 4.18. The number of nitrogens with one attached hydrogen (secondary N) is 1. The zero-order chi connectivity index (χ0) is 15.8. The Morgan fingerprint density at radius 2 is 2.13 bits per heavy atom. The molecule has 0 aliphatic carbocycles. The van der Waals surface area contributed by atoms with E-state index in [0.29, 0.717) is 5.69 Å². The number of hydrogen-bond donors (Lipinski definition) is 1. The van der Waals surface area contributed by atoms with Crippen molar-refractivity contribution in [2.24, 2.45) is 0 Å². The summed E-state index contributed by atoms with van der Waals surface area (Å²) in [6.07, 6.45) is 4.23. The van der Waals surface area contributed by atoms with Crippen LogP contribution in [-0.2, 0) is 0 Å². The number of rotatable bonds is 3. The van der Waals surface area contributed by atoms with Crippen molar-refractivity contribution in [2.75, 3.05) is 0 Å². The Kier molecular flexibility index (Phi) is 3.24. The minimum atomic E-state index is 0.424. The van der Waals surface area contributed by atoms with Crippen LogP contribution < -0.4 is 0 Å². The maximum absolute atomic E-state index is 11.4. The molecular weight excluding hydrogens is 308 g/mol. The van der Waals surface area contributed by atoms with Gasteiger partial charge in [-0.15, -0.1) is 11.3 Å². The molecule has 5 nitrogen and oxygen atoms in total. The average molecular weight is 320 g/mol. The van der Waals surface area contributed by atoms with Crippen molar-refractivity contribution in [1.29, 1.82) is 0 Å². The number of aromatic amines is 1. The summed E-state index contributed by atoms with van der Waals surface area (Å²) in [6, 6.07) is 9.79. The molecule has 0 amide bonds. The zero-order valence-electron chi connectivity index (χ0n) is 12.3. The van der Waals surface area contributed by atoms with E-state index in [2.05, 4.69) is 20.2 Å². The number of pyridine rings is 1. The molecule has 0 aliphatic rings. The summed E-state index contributed by atoms with van der Waals surface area (Å²) >= 11 is 1.46. The number of nitrogens with zero attached hydrogens (tertiary/aromatic N) is 3. The SMILES string of the molecule is Cc1cccc2c(-c3nc(C=O)c(-c4cccnc4)s3)[nH]nc12. The van der Waals surface area contributed by atoms with Crippen molar-refractivity contribution in [1.82, 2.24) is 20.2 Å². The van der Waals surface area contributed by atoms with Crippen molar-refractivity contribution in [3.8, 4) is 21.1 Å². The van der Waals surface area contributed by atoms with Gasteiger partial charge < -0.3 is 0 Å². The topological polar surface area (TPSA) is 71.5 Å². The molecule has 112 valence electrons. The van der Waals surface area contributed by atoms with Gasteiger partial charge in [-0.2, -0.15) is 5.10 Å². The second-order valence-electron chi connectivity index (χ2n) is 5.16. The summed E-state index contributed by atoms with van der Waals surface area (Å²) in [5.74, 6) is 0. The van der Waals surface area contributed by atoms with E-state index in [0.717, 1.165) is 43.9 Å².